The van der Waals surface area contributed by atoms with Crippen molar-refractivity contribution in [2.24, 2.45) is 7.05 Å². The number of aromatic nitrogens is 2. The molecule has 1 aliphatic heterocycles. The Morgan fingerprint density at radius 2 is 2.17 bits per heavy atom. The summed E-state index contributed by atoms with van der Waals surface area (Å²) in [4.78, 5) is 2.31. The molecule has 0 unspecified atom stereocenters. The predicted octanol–water partition coefficient (Wildman–Crippen LogP) is 1.17. The molecule has 0 amide bonds. The van der Waals surface area contributed by atoms with Crippen LogP contribution in [0.1, 0.15) is 11.3 Å². The Balaban J connectivity index is 2.44. The van der Waals surface area contributed by atoms with Gasteiger partial charge in [0.25, 0.3) is 0 Å². The first-order valence-electron chi connectivity index (χ1n) is 4.07. The molecule has 0 bridgehead atoms. The molecule has 0 aromatic carbocycles. The van der Waals surface area contributed by atoms with Gasteiger partial charge in [0.05, 0.1) is 5.69 Å². The second-order valence-corrected chi connectivity index (χ2v) is 4.08. The summed E-state index contributed by atoms with van der Waals surface area (Å²) in [6, 6.07) is 0. The maximum absolute atomic E-state index is 4.43. The van der Waals surface area contributed by atoms with E-state index in [0.717, 1.165) is 24.1 Å². The lowest BCUT2D eigenvalue weighted by molar-refractivity contribution is 0.311. The quantitative estimate of drug-likeness (QED) is 0.667. The molecule has 2 rings (SSSR count). The summed E-state index contributed by atoms with van der Waals surface area (Å²) in [6.07, 6.45) is 1.07. The van der Waals surface area contributed by atoms with Crippen LogP contribution >= 0.6 is 15.9 Å². The maximum atomic E-state index is 4.43. The molecule has 66 valence electrons. The molecule has 1 aliphatic rings. The van der Waals surface area contributed by atoms with Gasteiger partial charge < -0.3 is 4.90 Å². The van der Waals surface area contributed by atoms with Crippen LogP contribution < -0.4 is 0 Å². The number of rotatable bonds is 0. The first-order chi connectivity index (χ1) is 5.68. The van der Waals surface area contributed by atoms with Crippen molar-refractivity contribution in [2.45, 2.75) is 13.0 Å². The second kappa shape index (κ2) is 2.85. The van der Waals surface area contributed by atoms with Crippen LogP contribution in [0.5, 0.6) is 0 Å². The summed E-state index contributed by atoms with van der Waals surface area (Å²) < 4.78 is 3.04. The van der Waals surface area contributed by atoms with E-state index < -0.39 is 0 Å². The fraction of sp³-hybridized carbons (Fsp3) is 0.625. The molecule has 1 aromatic heterocycles. The number of likely N-dealkylation sites (N-methyl/N-ethyl adjacent to an activating group) is 1. The van der Waals surface area contributed by atoms with Crippen LogP contribution in [0.2, 0.25) is 0 Å². The van der Waals surface area contributed by atoms with Crippen molar-refractivity contribution in [1.29, 1.82) is 0 Å². The van der Waals surface area contributed by atoms with Crippen molar-refractivity contribution >= 4 is 15.9 Å². The summed E-state index contributed by atoms with van der Waals surface area (Å²) in [6.45, 7) is 2.14. The van der Waals surface area contributed by atoms with Gasteiger partial charge in [-0.15, -0.1) is 0 Å². The molecule has 12 heavy (non-hydrogen) atoms. The number of hydrogen-bond acceptors (Lipinski definition) is 2. The molecule has 1 aromatic rings. The van der Waals surface area contributed by atoms with Crippen LogP contribution in [-0.2, 0) is 20.0 Å². The fourth-order valence-electron chi connectivity index (χ4n) is 1.60. The van der Waals surface area contributed by atoms with Gasteiger partial charge in [-0.25, -0.2) is 0 Å². The summed E-state index contributed by atoms with van der Waals surface area (Å²) >= 11 is 3.54. The molecule has 0 atom stereocenters. The standard InChI is InChI=1S/C8H12BrN3/c1-11-4-3-7-6(5-11)8(9)12(2)10-7/h3-5H2,1-2H3. The average Bonchev–Trinajstić information content (AvgIpc) is 2.31. The molecule has 2 heterocycles. The van der Waals surface area contributed by atoms with Crippen molar-refractivity contribution in [3.05, 3.63) is 15.9 Å². The van der Waals surface area contributed by atoms with E-state index in [9.17, 15) is 0 Å². The normalized spacial score (nSPS) is 17.9. The predicted molar refractivity (Wildman–Crippen MR) is 50.9 cm³/mol. The monoisotopic (exact) mass is 229 g/mol. The molecule has 0 saturated heterocycles. The third-order valence-corrected chi connectivity index (χ3v) is 3.30. The Kier molecular flexibility index (Phi) is 1.96. The van der Waals surface area contributed by atoms with E-state index in [2.05, 4.69) is 33.0 Å². The average molecular weight is 230 g/mol. The number of aryl methyl sites for hydroxylation is 1. The Morgan fingerprint density at radius 1 is 1.42 bits per heavy atom. The lowest BCUT2D eigenvalue weighted by atomic mass is 10.1. The van der Waals surface area contributed by atoms with Gasteiger partial charge in [0, 0.05) is 32.1 Å². The molecule has 4 heteroatoms. The van der Waals surface area contributed by atoms with Gasteiger partial charge in [-0.2, -0.15) is 5.10 Å². The molecule has 0 spiro atoms. The molecule has 0 aliphatic carbocycles. The SMILES string of the molecule is CN1CCc2nn(C)c(Br)c2C1. The zero-order valence-corrected chi connectivity index (χ0v) is 8.93. The van der Waals surface area contributed by atoms with E-state index in [1.165, 1.54) is 11.3 Å². The van der Waals surface area contributed by atoms with Crippen LogP contribution in [0.15, 0.2) is 4.60 Å². The van der Waals surface area contributed by atoms with Crippen molar-refractivity contribution in [2.75, 3.05) is 13.6 Å². The third kappa shape index (κ3) is 1.19. The van der Waals surface area contributed by atoms with Gasteiger partial charge in [0.1, 0.15) is 4.60 Å². The van der Waals surface area contributed by atoms with Crippen LogP contribution in [0.3, 0.4) is 0 Å². The van der Waals surface area contributed by atoms with Crippen molar-refractivity contribution in [3.8, 4) is 0 Å². The highest BCUT2D eigenvalue weighted by atomic mass is 79.9. The minimum atomic E-state index is 1.02. The molecule has 0 N–H and O–H groups in total. The second-order valence-electron chi connectivity index (χ2n) is 3.33. The van der Waals surface area contributed by atoms with Gasteiger partial charge in [0.15, 0.2) is 0 Å². The van der Waals surface area contributed by atoms with E-state index in [1.54, 1.807) is 0 Å². The lowest BCUT2D eigenvalue weighted by Crippen LogP contribution is -2.26. The van der Waals surface area contributed by atoms with Gasteiger partial charge in [-0.05, 0) is 23.0 Å². The van der Waals surface area contributed by atoms with Crippen LogP contribution in [0.25, 0.3) is 0 Å². The molecular formula is C8H12BrN3. The zero-order valence-electron chi connectivity index (χ0n) is 7.34. The number of halogens is 1. The largest absolute Gasteiger partial charge is 0.302 e. The summed E-state index contributed by atoms with van der Waals surface area (Å²) in [7, 11) is 4.12. The van der Waals surface area contributed by atoms with Crippen LogP contribution in [0, 0.1) is 0 Å². The highest BCUT2D eigenvalue weighted by Crippen LogP contribution is 2.24. The Bertz CT molecular complexity index is 305. The van der Waals surface area contributed by atoms with E-state index in [1.807, 2.05) is 11.7 Å². The number of nitrogens with zero attached hydrogens (tertiary/aromatic N) is 3. The summed E-state index contributed by atoms with van der Waals surface area (Å²) in [5, 5.41) is 4.43. The molecule has 0 saturated carbocycles. The fourth-order valence-corrected chi connectivity index (χ4v) is 2.04. The zero-order chi connectivity index (χ0) is 8.72. The summed E-state index contributed by atoms with van der Waals surface area (Å²) in [5.41, 5.74) is 2.61. The lowest BCUT2D eigenvalue weighted by Gasteiger charge is -2.21. The van der Waals surface area contributed by atoms with Crippen LogP contribution in [0.4, 0.5) is 0 Å². The molecule has 3 nitrogen and oxygen atoms in total. The van der Waals surface area contributed by atoms with Gasteiger partial charge in [-0.1, -0.05) is 0 Å². The van der Waals surface area contributed by atoms with E-state index >= 15 is 0 Å². The highest BCUT2D eigenvalue weighted by Gasteiger charge is 2.19. The smallest absolute Gasteiger partial charge is 0.108 e. The first-order valence-corrected chi connectivity index (χ1v) is 4.86. The van der Waals surface area contributed by atoms with Crippen molar-refractivity contribution < 1.29 is 0 Å². The minimum Gasteiger partial charge on any atom is -0.302 e. The maximum Gasteiger partial charge on any atom is 0.108 e. The summed E-state index contributed by atoms with van der Waals surface area (Å²) in [5.74, 6) is 0. The first kappa shape index (κ1) is 8.26. The Morgan fingerprint density at radius 3 is 2.92 bits per heavy atom. The van der Waals surface area contributed by atoms with E-state index in [4.69, 9.17) is 0 Å². The van der Waals surface area contributed by atoms with E-state index in [0.29, 0.717) is 0 Å². The highest BCUT2D eigenvalue weighted by molar-refractivity contribution is 9.10. The Hall–Kier alpha value is -0.350. The topological polar surface area (TPSA) is 21.1 Å². The van der Waals surface area contributed by atoms with Gasteiger partial charge in [0.2, 0.25) is 0 Å². The molecule has 0 radical (unpaired) electrons. The van der Waals surface area contributed by atoms with Crippen molar-refractivity contribution in [1.82, 2.24) is 14.7 Å². The number of fused-ring (bicyclic) bond motifs is 1. The minimum absolute atomic E-state index is 1.02. The van der Waals surface area contributed by atoms with Crippen LogP contribution in [-0.4, -0.2) is 28.3 Å². The Labute approximate surface area is 80.5 Å². The molecule has 0 fully saturated rings. The third-order valence-electron chi connectivity index (χ3n) is 2.31. The number of hydrogen-bond donors (Lipinski definition) is 0. The van der Waals surface area contributed by atoms with Crippen molar-refractivity contribution in [3.63, 3.8) is 0 Å². The van der Waals surface area contributed by atoms with Gasteiger partial charge in [-0.3, -0.25) is 4.68 Å². The van der Waals surface area contributed by atoms with Gasteiger partial charge >= 0.3 is 0 Å². The molecular weight excluding hydrogens is 218 g/mol. The van der Waals surface area contributed by atoms with E-state index in [-0.39, 0.29) is 0 Å².